The van der Waals surface area contributed by atoms with Crippen molar-refractivity contribution >= 4 is 22.6 Å². The molecule has 1 unspecified atom stereocenters. The number of hydrogen-bond acceptors (Lipinski definition) is 4. The summed E-state index contributed by atoms with van der Waals surface area (Å²) in [6.45, 7) is 1.92. The van der Waals surface area contributed by atoms with Crippen LogP contribution in [0.3, 0.4) is 0 Å². The van der Waals surface area contributed by atoms with Crippen molar-refractivity contribution in [1.82, 2.24) is 0 Å². The number of fused-ring (bicyclic) bond motifs is 1. The number of nitrogens with zero attached hydrogens (tertiary/aromatic N) is 1. The Morgan fingerprint density at radius 3 is 2.65 bits per heavy atom. The summed E-state index contributed by atoms with van der Waals surface area (Å²) in [4.78, 5) is 13.0. The van der Waals surface area contributed by atoms with Gasteiger partial charge in [-0.15, -0.1) is 0 Å². The van der Waals surface area contributed by atoms with E-state index in [4.69, 9.17) is 4.28 Å². The van der Waals surface area contributed by atoms with Crippen LogP contribution in [-0.4, -0.2) is 20.5 Å². The molecule has 1 spiro atoms. The van der Waals surface area contributed by atoms with Crippen molar-refractivity contribution < 1.29 is 17.7 Å². The molecule has 2 aliphatic rings. The van der Waals surface area contributed by atoms with Gasteiger partial charge >= 0.3 is 0 Å². The minimum absolute atomic E-state index is 0.255. The topological polar surface area (TPSA) is 55.7 Å². The minimum atomic E-state index is -1.90. The van der Waals surface area contributed by atoms with E-state index in [1.165, 1.54) is 24.3 Å². The number of carbonyl (C=O) groups is 1. The Kier molecular flexibility index (Phi) is 2.99. The molecule has 1 aliphatic heterocycles. The van der Waals surface area contributed by atoms with E-state index >= 15 is 0 Å². The van der Waals surface area contributed by atoms with Gasteiger partial charge in [-0.3, -0.25) is 9.08 Å². The van der Waals surface area contributed by atoms with Crippen molar-refractivity contribution in [3.8, 4) is 0 Å². The van der Waals surface area contributed by atoms with Gasteiger partial charge in [-0.05, 0) is 30.2 Å². The Morgan fingerprint density at radius 1 is 1.22 bits per heavy atom. The first-order valence-electron chi connectivity index (χ1n) is 7.11. The molecule has 23 heavy (non-hydrogen) atoms. The molecule has 6 heteroatoms. The van der Waals surface area contributed by atoms with Crippen LogP contribution in [0.4, 0.5) is 4.39 Å². The maximum Gasteiger partial charge on any atom is 0.253 e. The van der Waals surface area contributed by atoms with Crippen LogP contribution >= 0.6 is 0 Å². The lowest BCUT2D eigenvalue weighted by molar-refractivity contribution is 0.0981. The Bertz CT molecular complexity index is 891. The van der Waals surface area contributed by atoms with Gasteiger partial charge in [-0.1, -0.05) is 35.5 Å². The number of Topliss-reactive ketones (excluding diaryl/α,β-unsaturated/α-hetero) is 1. The van der Waals surface area contributed by atoms with Crippen LogP contribution in [0.5, 0.6) is 0 Å². The zero-order valence-electron chi connectivity index (χ0n) is 12.2. The molecule has 0 saturated heterocycles. The number of halogens is 1. The number of hydrogen-bond donors (Lipinski definition) is 0. The van der Waals surface area contributed by atoms with E-state index in [1.54, 1.807) is 12.1 Å². The smallest absolute Gasteiger partial charge is 0.253 e. The molecular weight excluding hydrogens is 317 g/mol. The first-order valence-corrected chi connectivity index (χ1v) is 8.18. The first kappa shape index (κ1) is 14.3. The summed E-state index contributed by atoms with van der Waals surface area (Å²) < 4.78 is 29.3. The van der Waals surface area contributed by atoms with Gasteiger partial charge in [-0.2, -0.15) is 0 Å². The molecule has 0 aromatic heterocycles. The lowest BCUT2D eigenvalue weighted by Crippen LogP contribution is -2.46. The molecule has 2 aromatic carbocycles. The number of aryl methyl sites for hydroxylation is 1. The number of rotatable bonds is 1. The van der Waals surface area contributed by atoms with E-state index in [0.29, 0.717) is 16.8 Å². The highest BCUT2D eigenvalue weighted by molar-refractivity contribution is 7.84. The van der Waals surface area contributed by atoms with Crippen molar-refractivity contribution in [2.75, 3.05) is 0 Å². The molecule has 116 valence electrons. The Labute approximate surface area is 134 Å². The van der Waals surface area contributed by atoms with Crippen LogP contribution in [0.15, 0.2) is 47.6 Å². The molecule has 0 bridgehead atoms. The highest BCUT2D eigenvalue weighted by Crippen LogP contribution is 2.42. The summed E-state index contributed by atoms with van der Waals surface area (Å²) in [5.41, 5.74) is 3.23. The second-order valence-electron chi connectivity index (χ2n) is 5.69. The predicted molar refractivity (Wildman–Crippen MR) is 84.1 cm³/mol. The second-order valence-corrected chi connectivity index (χ2v) is 7.01. The van der Waals surface area contributed by atoms with Crippen LogP contribution in [0.1, 0.15) is 27.0 Å². The molecule has 0 amide bonds. The number of oxime groups is 1. The highest BCUT2D eigenvalue weighted by atomic mass is 32.2. The molecule has 1 aliphatic carbocycles. The minimum Gasteiger partial charge on any atom is -0.292 e. The van der Waals surface area contributed by atoms with E-state index in [0.717, 1.165) is 11.1 Å². The highest BCUT2D eigenvalue weighted by Gasteiger charge is 2.60. The van der Waals surface area contributed by atoms with Gasteiger partial charge < -0.3 is 0 Å². The van der Waals surface area contributed by atoms with E-state index < -0.39 is 15.8 Å². The molecule has 0 saturated carbocycles. The van der Waals surface area contributed by atoms with Gasteiger partial charge in [0.15, 0.2) is 10.5 Å². The van der Waals surface area contributed by atoms with Crippen LogP contribution < -0.4 is 0 Å². The van der Waals surface area contributed by atoms with E-state index in [-0.39, 0.29) is 18.0 Å². The molecule has 4 rings (SSSR count). The molecule has 2 atom stereocenters. The van der Waals surface area contributed by atoms with Gasteiger partial charge in [0.2, 0.25) is 0 Å². The SMILES string of the molecule is Cc1cccc2c1C[C@@]1(C2=O)C(c2ccc(F)cc2)=NOS1=O. The largest absolute Gasteiger partial charge is 0.292 e. The standard InChI is InChI=1S/C17H12FNO3S/c1-10-3-2-4-13-14(10)9-17(16(13)20)15(19-22-23(17)21)11-5-7-12(18)8-6-11/h2-8H,9H2,1H3/t17-,23?/m0/s1. The maximum absolute atomic E-state index is 13.2. The maximum atomic E-state index is 13.2. The molecule has 4 nitrogen and oxygen atoms in total. The fraction of sp³-hybridized carbons (Fsp3) is 0.176. The van der Waals surface area contributed by atoms with Crippen molar-refractivity contribution in [2.24, 2.45) is 5.16 Å². The molecule has 1 heterocycles. The second kappa shape index (κ2) is 4.83. The van der Waals surface area contributed by atoms with Crippen molar-refractivity contribution in [2.45, 2.75) is 18.1 Å². The average Bonchev–Trinajstić information content (AvgIpc) is 3.03. The average molecular weight is 329 g/mol. The van der Waals surface area contributed by atoms with E-state index in [2.05, 4.69) is 5.16 Å². The monoisotopic (exact) mass is 329 g/mol. The Balaban J connectivity index is 1.88. The van der Waals surface area contributed by atoms with Crippen molar-refractivity contribution in [1.29, 1.82) is 0 Å². The van der Waals surface area contributed by atoms with Gasteiger partial charge in [0.05, 0.1) is 0 Å². The number of ketones is 1. The zero-order chi connectivity index (χ0) is 16.2. The van der Waals surface area contributed by atoms with Crippen LogP contribution in [-0.2, 0) is 21.8 Å². The third-order valence-electron chi connectivity index (χ3n) is 4.43. The summed E-state index contributed by atoms with van der Waals surface area (Å²) in [7, 11) is 0. The van der Waals surface area contributed by atoms with Crippen molar-refractivity contribution in [3.63, 3.8) is 0 Å². The van der Waals surface area contributed by atoms with E-state index in [1.807, 2.05) is 13.0 Å². The summed E-state index contributed by atoms with van der Waals surface area (Å²) in [6.07, 6.45) is 0.274. The molecule has 2 aromatic rings. The van der Waals surface area contributed by atoms with Gasteiger partial charge in [-0.25, -0.2) is 8.60 Å². The Morgan fingerprint density at radius 2 is 1.96 bits per heavy atom. The van der Waals surface area contributed by atoms with Crippen LogP contribution in [0, 0.1) is 12.7 Å². The number of carbonyl (C=O) groups excluding carboxylic acids is 1. The fourth-order valence-corrected chi connectivity index (χ4v) is 4.31. The van der Waals surface area contributed by atoms with E-state index in [9.17, 15) is 13.4 Å². The Hall–Kier alpha value is -2.34. The van der Waals surface area contributed by atoms with Crippen molar-refractivity contribution in [3.05, 3.63) is 70.5 Å². The fourth-order valence-electron chi connectivity index (χ4n) is 3.20. The molecular formula is C17H12FNO3S. The number of benzene rings is 2. The van der Waals surface area contributed by atoms with Gasteiger partial charge in [0.25, 0.3) is 11.1 Å². The van der Waals surface area contributed by atoms with Crippen LogP contribution in [0.2, 0.25) is 0 Å². The summed E-state index contributed by atoms with van der Waals surface area (Å²) >= 11 is -1.90. The normalized spacial score (nSPS) is 25.4. The lowest BCUT2D eigenvalue weighted by Gasteiger charge is -2.18. The third kappa shape index (κ3) is 1.84. The van der Waals surface area contributed by atoms with Gasteiger partial charge in [0.1, 0.15) is 11.5 Å². The molecule has 0 fully saturated rings. The predicted octanol–water partition coefficient (Wildman–Crippen LogP) is 2.71. The summed E-state index contributed by atoms with van der Waals surface area (Å²) in [5, 5.41) is 3.89. The van der Waals surface area contributed by atoms with Crippen LogP contribution in [0.25, 0.3) is 0 Å². The van der Waals surface area contributed by atoms with Gasteiger partial charge in [0, 0.05) is 17.5 Å². The lowest BCUT2D eigenvalue weighted by atomic mass is 9.92. The quantitative estimate of drug-likeness (QED) is 0.808. The summed E-state index contributed by atoms with van der Waals surface area (Å²) in [6, 6.07) is 11.1. The summed E-state index contributed by atoms with van der Waals surface area (Å²) in [5.74, 6) is -0.643. The first-order chi connectivity index (χ1) is 11.0. The molecule has 0 N–H and O–H groups in total. The molecule has 0 radical (unpaired) electrons. The third-order valence-corrected chi connectivity index (χ3v) is 5.73. The zero-order valence-corrected chi connectivity index (χ0v) is 13.0.